The SMILES string of the molecule is CCNC(=NCc1ccccc1CN1CC(C)OC(C)C1)NC1CCN(C(C)C)CC1. The number of ether oxygens (including phenoxy) is 1. The Bertz CT molecular complexity index is 689. The molecule has 0 bridgehead atoms. The third kappa shape index (κ3) is 7.48. The number of nitrogens with one attached hydrogen (secondary N) is 2. The molecule has 3 rings (SSSR count). The average molecular weight is 430 g/mol. The number of hydrogen-bond donors (Lipinski definition) is 2. The highest BCUT2D eigenvalue weighted by molar-refractivity contribution is 5.80. The van der Waals surface area contributed by atoms with Gasteiger partial charge in [0.1, 0.15) is 0 Å². The van der Waals surface area contributed by atoms with Crippen molar-refractivity contribution in [2.24, 2.45) is 4.99 Å². The van der Waals surface area contributed by atoms with Crippen LogP contribution in [0.4, 0.5) is 0 Å². The number of piperidine rings is 1. The topological polar surface area (TPSA) is 52.1 Å². The van der Waals surface area contributed by atoms with Gasteiger partial charge in [0.2, 0.25) is 0 Å². The van der Waals surface area contributed by atoms with Gasteiger partial charge in [-0.15, -0.1) is 0 Å². The van der Waals surface area contributed by atoms with Crippen molar-refractivity contribution >= 4 is 5.96 Å². The third-order valence-electron chi connectivity index (χ3n) is 6.36. The van der Waals surface area contributed by atoms with Crippen LogP contribution in [0.15, 0.2) is 29.3 Å². The van der Waals surface area contributed by atoms with Crippen molar-refractivity contribution in [3.05, 3.63) is 35.4 Å². The van der Waals surface area contributed by atoms with E-state index < -0.39 is 0 Å². The highest BCUT2D eigenvalue weighted by Gasteiger charge is 2.23. The minimum Gasteiger partial charge on any atom is -0.373 e. The van der Waals surface area contributed by atoms with Gasteiger partial charge in [0.15, 0.2) is 5.96 Å². The molecule has 0 aliphatic carbocycles. The summed E-state index contributed by atoms with van der Waals surface area (Å²) in [6.45, 7) is 17.9. The smallest absolute Gasteiger partial charge is 0.191 e. The van der Waals surface area contributed by atoms with Crippen molar-refractivity contribution in [2.75, 3.05) is 32.7 Å². The average Bonchev–Trinajstić information content (AvgIpc) is 2.73. The number of rotatable bonds is 7. The molecule has 2 N–H and O–H groups in total. The lowest BCUT2D eigenvalue weighted by Crippen LogP contribution is -2.49. The summed E-state index contributed by atoms with van der Waals surface area (Å²) in [7, 11) is 0. The predicted octanol–water partition coefficient (Wildman–Crippen LogP) is 3.22. The van der Waals surface area contributed by atoms with Crippen LogP contribution in [0, 0.1) is 0 Å². The van der Waals surface area contributed by atoms with Crippen LogP contribution in [-0.2, 0) is 17.8 Å². The van der Waals surface area contributed by atoms with Crippen LogP contribution in [0.3, 0.4) is 0 Å². The molecule has 2 atom stereocenters. The Morgan fingerprint density at radius 2 is 1.74 bits per heavy atom. The Morgan fingerprint density at radius 1 is 1.10 bits per heavy atom. The maximum Gasteiger partial charge on any atom is 0.191 e. The fraction of sp³-hybridized carbons (Fsp3) is 0.720. The van der Waals surface area contributed by atoms with Crippen LogP contribution >= 0.6 is 0 Å². The van der Waals surface area contributed by atoms with Gasteiger partial charge in [-0.3, -0.25) is 4.90 Å². The molecule has 2 unspecified atom stereocenters. The maximum atomic E-state index is 5.90. The molecule has 0 spiro atoms. The summed E-state index contributed by atoms with van der Waals surface area (Å²) >= 11 is 0. The van der Waals surface area contributed by atoms with E-state index in [4.69, 9.17) is 9.73 Å². The summed E-state index contributed by atoms with van der Waals surface area (Å²) in [5.41, 5.74) is 2.68. The van der Waals surface area contributed by atoms with E-state index >= 15 is 0 Å². The van der Waals surface area contributed by atoms with Gasteiger partial charge in [-0.25, -0.2) is 4.99 Å². The number of hydrogen-bond acceptors (Lipinski definition) is 4. The third-order valence-corrected chi connectivity index (χ3v) is 6.36. The van der Waals surface area contributed by atoms with Crippen molar-refractivity contribution in [1.82, 2.24) is 20.4 Å². The first kappa shape index (κ1) is 24.0. The Labute approximate surface area is 189 Å². The van der Waals surface area contributed by atoms with Crippen molar-refractivity contribution in [2.45, 2.75) is 84.8 Å². The van der Waals surface area contributed by atoms with Gasteiger partial charge >= 0.3 is 0 Å². The molecule has 2 aliphatic rings. The maximum absolute atomic E-state index is 5.90. The van der Waals surface area contributed by atoms with E-state index in [2.05, 4.69) is 79.3 Å². The number of guanidine groups is 1. The number of benzene rings is 1. The van der Waals surface area contributed by atoms with Gasteiger partial charge in [-0.05, 0) is 58.6 Å². The van der Waals surface area contributed by atoms with E-state index in [9.17, 15) is 0 Å². The van der Waals surface area contributed by atoms with E-state index in [0.717, 1.165) is 45.2 Å². The minimum atomic E-state index is 0.292. The largest absolute Gasteiger partial charge is 0.373 e. The normalized spacial score (nSPS) is 24.5. The predicted molar refractivity (Wildman–Crippen MR) is 129 cm³/mol. The molecule has 2 saturated heterocycles. The fourth-order valence-electron chi connectivity index (χ4n) is 4.76. The van der Waals surface area contributed by atoms with Crippen LogP contribution in [0.25, 0.3) is 0 Å². The Morgan fingerprint density at radius 3 is 2.35 bits per heavy atom. The Kier molecular flexibility index (Phi) is 9.17. The molecule has 2 aliphatic heterocycles. The lowest BCUT2D eigenvalue weighted by Gasteiger charge is -2.35. The first-order valence-corrected chi connectivity index (χ1v) is 12.2. The quantitative estimate of drug-likeness (QED) is 0.515. The molecule has 31 heavy (non-hydrogen) atoms. The van der Waals surface area contributed by atoms with Crippen molar-refractivity contribution in [3.63, 3.8) is 0 Å². The van der Waals surface area contributed by atoms with E-state index in [0.29, 0.717) is 30.8 Å². The summed E-state index contributed by atoms with van der Waals surface area (Å²) in [4.78, 5) is 10.0. The second-order valence-corrected chi connectivity index (χ2v) is 9.46. The minimum absolute atomic E-state index is 0.292. The molecular weight excluding hydrogens is 386 g/mol. The van der Waals surface area contributed by atoms with Gasteiger partial charge in [-0.1, -0.05) is 24.3 Å². The van der Waals surface area contributed by atoms with E-state index in [-0.39, 0.29) is 0 Å². The lowest BCUT2D eigenvalue weighted by molar-refractivity contribution is -0.0705. The first-order chi connectivity index (χ1) is 14.9. The Balaban J connectivity index is 1.60. The number of morpholine rings is 1. The molecular formula is C25H43N5O. The van der Waals surface area contributed by atoms with Crippen LogP contribution < -0.4 is 10.6 Å². The molecule has 6 heteroatoms. The molecule has 174 valence electrons. The fourth-order valence-corrected chi connectivity index (χ4v) is 4.76. The number of nitrogens with zero attached hydrogens (tertiary/aromatic N) is 3. The van der Waals surface area contributed by atoms with Crippen molar-refractivity contribution in [1.29, 1.82) is 0 Å². The van der Waals surface area contributed by atoms with E-state index in [1.807, 2.05) is 0 Å². The van der Waals surface area contributed by atoms with Crippen LogP contribution in [-0.4, -0.2) is 72.8 Å². The molecule has 0 aromatic heterocycles. The molecule has 2 heterocycles. The van der Waals surface area contributed by atoms with Gasteiger partial charge in [0.25, 0.3) is 0 Å². The molecule has 0 saturated carbocycles. The molecule has 0 amide bonds. The summed E-state index contributed by atoms with van der Waals surface area (Å²) < 4.78 is 5.90. The highest BCUT2D eigenvalue weighted by Crippen LogP contribution is 2.18. The summed E-state index contributed by atoms with van der Waals surface area (Å²) in [6, 6.07) is 9.87. The van der Waals surface area contributed by atoms with Gasteiger partial charge in [-0.2, -0.15) is 0 Å². The molecule has 1 aromatic rings. The van der Waals surface area contributed by atoms with Crippen LogP contribution in [0.1, 0.15) is 58.6 Å². The Hall–Kier alpha value is -1.63. The summed E-state index contributed by atoms with van der Waals surface area (Å²) in [5, 5.41) is 7.13. The van der Waals surface area contributed by atoms with E-state index in [1.54, 1.807) is 0 Å². The van der Waals surface area contributed by atoms with Crippen molar-refractivity contribution < 1.29 is 4.74 Å². The number of likely N-dealkylation sites (tertiary alicyclic amines) is 1. The van der Waals surface area contributed by atoms with Crippen LogP contribution in [0.5, 0.6) is 0 Å². The zero-order valence-corrected chi connectivity index (χ0v) is 20.2. The standard InChI is InChI=1S/C25H43N5O/c1-6-26-25(28-24-11-13-30(14-12-24)19(2)3)27-15-22-9-7-8-10-23(22)18-29-16-20(4)31-21(5)17-29/h7-10,19-21,24H,6,11-18H2,1-5H3,(H2,26,27,28). The van der Waals surface area contributed by atoms with Gasteiger partial charge in [0.05, 0.1) is 18.8 Å². The second kappa shape index (κ2) is 11.8. The molecule has 6 nitrogen and oxygen atoms in total. The van der Waals surface area contributed by atoms with Crippen molar-refractivity contribution in [3.8, 4) is 0 Å². The highest BCUT2D eigenvalue weighted by atomic mass is 16.5. The monoisotopic (exact) mass is 429 g/mol. The zero-order valence-electron chi connectivity index (χ0n) is 20.2. The summed E-state index contributed by atoms with van der Waals surface area (Å²) in [6.07, 6.45) is 2.93. The molecule has 2 fully saturated rings. The van der Waals surface area contributed by atoms with Gasteiger partial charge < -0.3 is 20.3 Å². The lowest BCUT2D eigenvalue weighted by atomic mass is 10.0. The zero-order chi connectivity index (χ0) is 22.2. The van der Waals surface area contributed by atoms with E-state index in [1.165, 1.54) is 24.0 Å². The second-order valence-electron chi connectivity index (χ2n) is 9.46. The molecule has 1 aromatic carbocycles. The first-order valence-electron chi connectivity index (χ1n) is 12.2. The number of aliphatic imine (C=N–C) groups is 1. The summed E-state index contributed by atoms with van der Waals surface area (Å²) in [5.74, 6) is 0.939. The van der Waals surface area contributed by atoms with Gasteiger partial charge in [0, 0.05) is 51.4 Å². The van der Waals surface area contributed by atoms with Crippen LogP contribution in [0.2, 0.25) is 0 Å². The molecule has 0 radical (unpaired) electrons.